The summed E-state index contributed by atoms with van der Waals surface area (Å²) in [5, 5.41) is 0. The van der Waals surface area contributed by atoms with E-state index in [9.17, 15) is 9.18 Å². The zero-order valence-electron chi connectivity index (χ0n) is 11.3. The van der Waals surface area contributed by atoms with Crippen LogP contribution in [0.4, 0.5) is 10.2 Å². The summed E-state index contributed by atoms with van der Waals surface area (Å²) in [6, 6.07) is 3.02. The number of carbonyl (C=O) groups excluding carboxylic acids is 1. The fourth-order valence-corrected chi connectivity index (χ4v) is 2.31. The molecular weight excluding hydrogens is 273 g/mol. The third-order valence-corrected chi connectivity index (χ3v) is 3.43. The molecule has 108 valence electrons. The summed E-state index contributed by atoms with van der Waals surface area (Å²) < 4.78 is 13.5. The van der Waals surface area contributed by atoms with Crippen LogP contribution in [-0.4, -0.2) is 51.9 Å². The largest absolute Gasteiger partial charge is 0.352 e. The van der Waals surface area contributed by atoms with Crippen molar-refractivity contribution in [2.24, 2.45) is 0 Å². The van der Waals surface area contributed by atoms with Gasteiger partial charge in [-0.15, -0.1) is 0 Å². The number of halogens is 1. The summed E-state index contributed by atoms with van der Waals surface area (Å²) in [6.07, 6.45) is 6.28. The van der Waals surface area contributed by atoms with Crippen LogP contribution in [-0.2, 0) is 0 Å². The van der Waals surface area contributed by atoms with Crippen molar-refractivity contribution in [2.75, 3.05) is 31.1 Å². The Morgan fingerprint density at radius 1 is 1.10 bits per heavy atom. The summed E-state index contributed by atoms with van der Waals surface area (Å²) in [6.45, 7) is 2.33. The van der Waals surface area contributed by atoms with Gasteiger partial charge in [0.15, 0.2) is 0 Å². The van der Waals surface area contributed by atoms with Gasteiger partial charge >= 0.3 is 0 Å². The average molecular weight is 287 g/mol. The maximum Gasteiger partial charge on any atom is 0.258 e. The van der Waals surface area contributed by atoms with Gasteiger partial charge in [-0.05, 0) is 12.1 Å². The van der Waals surface area contributed by atoms with Crippen molar-refractivity contribution in [3.05, 3.63) is 48.4 Å². The van der Waals surface area contributed by atoms with Gasteiger partial charge in [0.05, 0.1) is 11.8 Å². The molecule has 1 aliphatic rings. The first-order valence-electron chi connectivity index (χ1n) is 6.66. The number of anilines is 1. The smallest absolute Gasteiger partial charge is 0.258 e. The number of piperazine rings is 1. The highest BCUT2D eigenvalue weighted by Crippen LogP contribution is 2.14. The molecule has 0 radical (unpaired) electrons. The van der Waals surface area contributed by atoms with E-state index in [4.69, 9.17) is 0 Å². The van der Waals surface area contributed by atoms with E-state index in [0.29, 0.717) is 26.2 Å². The Hall–Kier alpha value is -2.57. The molecule has 0 aliphatic carbocycles. The predicted molar refractivity (Wildman–Crippen MR) is 74.3 cm³/mol. The highest BCUT2D eigenvalue weighted by molar-refractivity contribution is 5.94. The molecule has 0 N–H and O–H groups in total. The quantitative estimate of drug-likeness (QED) is 0.770. The minimum atomic E-state index is -0.723. The monoisotopic (exact) mass is 287 g/mol. The van der Waals surface area contributed by atoms with E-state index in [1.54, 1.807) is 29.6 Å². The van der Waals surface area contributed by atoms with E-state index >= 15 is 0 Å². The minimum Gasteiger partial charge on any atom is -0.352 e. The molecule has 1 saturated heterocycles. The van der Waals surface area contributed by atoms with E-state index in [1.165, 1.54) is 12.3 Å². The number of hydrogen-bond acceptors (Lipinski definition) is 5. The molecule has 0 aromatic carbocycles. The van der Waals surface area contributed by atoms with Crippen molar-refractivity contribution in [1.29, 1.82) is 0 Å². The fourth-order valence-electron chi connectivity index (χ4n) is 2.31. The normalized spacial score (nSPS) is 15.1. The van der Waals surface area contributed by atoms with Crippen molar-refractivity contribution in [2.45, 2.75) is 0 Å². The van der Waals surface area contributed by atoms with Gasteiger partial charge in [-0.25, -0.2) is 9.97 Å². The highest BCUT2D eigenvalue weighted by atomic mass is 19.1. The van der Waals surface area contributed by atoms with E-state index in [-0.39, 0.29) is 11.5 Å². The molecule has 3 heterocycles. The average Bonchev–Trinajstić information content (AvgIpc) is 2.56. The summed E-state index contributed by atoms with van der Waals surface area (Å²) >= 11 is 0. The van der Waals surface area contributed by atoms with Crippen LogP contribution in [0.2, 0.25) is 0 Å². The number of hydrogen-bond donors (Lipinski definition) is 0. The molecular formula is C14H14FN5O. The maximum atomic E-state index is 13.5. The number of carbonyl (C=O) groups is 1. The molecule has 21 heavy (non-hydrogen) atoms. The van der Waals surface area contributed by atoms with Crippen LogP contribution in [0, 0.1) is 5.95 Å². The molecule has 7 heteroatoms. The summed E-state index contributed by atoms with van der Waals surface area (Å²) in [5.74, 6) is -0.254. The second-order valence-corrected chi connectivity index (χ2v) is 4.68. The Morgan fingerprint density at radius 2 is 1.90 bits per heavy atom. The summed E-state index contributed by atoms with van der Waals surface area (Å²) in [5.41, 5.74) is 0.0189. The van der Waals surface area contributed by atoms with Gasteiger partial charge < -0.3 is 9.80 Å². The molecule has 2 aromatic heterocycles. The van der Waals surface area contributed by atoms with Gasteiger partial charge in [0.2, 0.25) is 5.95 Å². The van der Waals surface area contributed by atoms with Crippen molar-refractivity contribution in [3.63, 3.8) is 0 Å². The summed E-state index contributed by atoms with van der Waals surface area (Å²) in [4.78, 5) is 27.7. The molecule has 1 amide bonds. The minimum absolute atomic E-state index is 0.0189. The zero-order chi connectivity index (χ0) is 14.7. The predicted octanol–water partition coefficient (Wildman–Crippen LogP) is 0.973. The molecule has 6 nitrogen and oxygen atoms in total. The van der Waals surface area contributed by atoms with Crippen molar-refractivity contribution >= 4 is 11.7 Å². The van der Waals surface area contributed by atoms with Crippen LogP contribution in [0.3, 0.4) is 0 Å². The van der Waals surface area contributed by atoms with Crippen molar-refractivity contribution in [3.8, 4) is 0 Å². The third kappa shape index (κ3) is 2.81. The Morgan fingerprint density at radius 3 is 2.57 bits per heavy atom. The van der Waals surface area contributed by atoms with E-state index in [0.717, 1.165) is 5.82 Å². The number of rotatable bonds is 2. The van der Waals surface area contributed by atoms with Gasteiger partial charge in [-0.2, -0.15) is 4.39 Å². The van der Waals surface area contributed by atoms with Crippen molar-refractivity contribution < 1.29 is 9.18 Å². The van der Waals surface area contributed by atoms with Crippen LogP contribution >= 0.6 is 0 Å². The standard InChI is InChI=1S/C14H14FN5O/c15-13-11(2-1-3-18-13)14(21)20-8-6-19(7-9-20)12-10-16-4-5-17-12/h1-5,10H,6-9H2. The molecule has 0 saturated carbocycles. The second-order valence-electron chi connectivity index (χ2n) is 4.68. The third-order valence-electron chi connectivity index (χ3n) is 3.43. The zero-order valence-corrected chi connectivity index (χ0v) is 11.3. The van der Waals surface area contributed by atoms with Gasteiger partial charge in [-0.1, -0.05) is 0 Å². The lowest BCUT2D eigenvalue weighted by Crippen LogP contribution is -2.49. The summed E-state index contributed by atoms with van der Waals surface area (Å²) in [7, 11) is 0. The molecule has 3 rings (SSSR count). The first kappa shape index (κ1) is 13.4. The van der Waals surface area contributed by atoms with Crippen molar-refractivity contribution in [1.82, 2.24) is 19.9 Å². The van der Waals surface area contributed by atoms with Crippen LogP contribution < -0.4 is 4.90 Å². The van der Waals surface area contributed by atoms with Crippen LogP contribution in [0.15, 0.2) is 36.9 Å². The second kappa shape index (κ2) is 5.82. The lowest BCUT2D eigenvalue weighted by molar-refractivity contribution is 0.0740. The van der Waals surface area contributed by atoms with Crippen LogP contribution in [0.5, 0.6) is 0 Å². The Bertz CT molecular complexity index is 628. The number of aromatic nitrogens is 3. The fraction of sp³-hybridized carbons (Fsp3) is 0.286. The van der Waals surface area contributed by atoms with E-state index in [2.05, 4.69) is 19.9 Å². The van der Waals surface area contributed by atoms with E-state index in [1.807, 2.05) is 0 Å². The Labute approximate surface area is 121 Å². The van der Waals surface area contributed by atoms with Gasteiger partial charge in [0, 0.05) is 44.8 Å². The SMILES string of the molecule is O=C(c1cccnc1F)N1CCN(c2cnccn2)CC1. The number of nitrogens with zero attached hydrogens (tertiary/aromatic N) is 5. The maximum absolute atomic E-state index is 13.5. The topological polar surface area (TPSA) is 62.2 Å². The number of amides is 1. The molecule has 0 atom stereocenters. The lowest BCUT2D eigenvalue weighted by Gasteiger charge is -2.35. The Kier molecular flexibility index (Phi) is 3.72. The molecule has 0 bridgehead atoms. The van der Waals surface area contributed by atoms with Crippen LogP contribution in [0.25, 0.3) is 0 Å². The molecule has 1 fully saturated rings. The first-order chi connectivity index (χ1) is 10.3. The lowest BCUT2D eigenvalue weighted by atomic mass is 10.2. The van der Waals surface area contributed by atoms with Gasteiger partial charge in [0.1, 0.15) is 5.82 Å². The van der Waals surface area contributed by atoms with Gasteiger partial charge in [-0.3, -0.25) is 9.78 Å². The highest BCUT2D eigenvalue weighted by Gasteiger charge is 2.24. The first-order valence-corrected chi connectivity index (χ1v) is 6.66. The number of pyridine rings is 1. The molecule has 1 aliphatic heterocycles. The Balaban J connectivity index is 1.66. The van der Waals surface area contributed by atoms with E-state index < -0.39 is 5.95 Å². The molecule has 2 aromatic rings. The van der Waals surface area contributed by atoms with Gasteiger partial charge in [0.25, 0.3) is 5.91 Å². The van der Waals surface area contributed by atoms with Crippen LogP contribution in [0.1, 0.15) is 10.4 Å². The molecule has 0 unspecified atom stereocenters. The molecule has 0 spiro atoms.